The number of urea groups is 1. The molecule has 6 nitrogen and oxygen atoms in total. The van der Waals surface area contributed by atoms with E-state index in [4.69, 9.17) is 11.6 Å². The van der Waals surface area contributed by atoms with Gasteiger partial charge in [-0.1, -0.05) is 67.9 Å². The number of nitrogens with zero attached hydrogens (tertiary/aromatic N) is 2. The van der Waals surface area contributed by atoms with Crippen molar-refractivity contribution in [2.45, 2.75) is 31.6 Å². The number of anilines is 1. The maximum absolute atomic E-state index is 13.0. The molecule has 0 fully saturated rings. The summed E-state index contributed by atoms with van der Waals surface area (Å²) in [5.74, 6) is 0.281. The van der Waals surface area contributed by atoms with E-state index in [0.29, 0.717) is 40.2 Å². The van der Waals surface area contributed by atoms with Crippen molar-refractivity contribution in [2.75, 3.05) is 17.6 Å². The summed E-state index contributed by atoms with van der Waals surface area (Å²) in [4.78, 5) is 13.3. The highest BCUT2D eigenvalue weighted by atomic mass is 35.5. The Kier molecular flexibility index (Phi) is 8.11. The molecule has 0 spiro atoms. The molecule has 0 bridgehead atoms. The molecule has 0 aromatic heterocycles. The van der Waals surface area contributed by atoms with Crippen molar-refractivity contribution in [3.8, 4) is 0 Å². The zero-order valence-corrected chi connectivity index (χ0v) is 22.0. The molecule has 3 aromatic rings. The minimum Gasteiger partial charge on any atom is -0.306 e. The fourth-order valence-corrected chi connectivity index (χ4v) is 5.77. The summed E-state index contributed by atoms with van der Waals surface area (Å²) >= 11 is 6.06. The Hall–Kier alpha value is -3.16. The van der Waals surface area contributed by atoms with E-state index in [9.17, 15) is 13.2 Å². The third-order valence-electron chi connectivity index (χ3n) is 6.07. The first-order valence-electron chi connectivity index (χ1n) is 12.0. The van der Waals surface area contributed by atoms with Gasteiger partial charge in [0.1, 0.15) is 0 Å². The Morgan fingerprint density at radius 2 is 1.69 bits per heavy atom. The van der Waals surface area contributed by atoms with E-state index in [0.717, 1.165) is 12.0 Å². The number of hydrazone groups is 1. The number of nitrogens with one attached hydrogen (secondary N) is 1. The van der Waals surface area contributed by atoms with Crippen molar-refractivity contribution >= 4 is 38.9 Å². The average molecular weight is 524 g/mol. The number of sulfone groups is 1. The van der Waals surface area contributed by atoms with Crippen molar-refractivity contribution < 1.29 is 13.2 Å². The minimum atomic E-state index is -3.45. The summed E-state index contributed by atoms with van der Waals surface area (Å²) < 4.78 is 25.8. The summed E-state index contributed by atoms with van der Waals surface area (Å²) in [6.07, 6.45) is 1.31. The third-order valence-corrected chi connectivity index (χ3v) is 8.08. The van der Waals surface area contributed by atoms with Gasteiger partial charge in [0.05, 0.1) is 22.9 Å². The van der Waals surface area contributed by atoms with Gasteiger partial charge in [0, 0.05) is 16.6 Å². The second-order valence-electron chi connectivity index (χ2n) is 9.42. The first-order chi connectivity index (χ1) is 17.2. The summed E-state index contributed by atoms with van der Waals surface area (Å²) in [6, 6.07) is 23.1. The van der Waals surface area contributed by atoms with Crippen LogP contribution in [0.4, 0.5) is 10.5 Å². The van der Waals surface area contributed by atoms with Gasteiger partial charge < -0.3 is 5.32 Å². The highest BCUT2D eigenvalue weighted by molar-refractivity contribution is 7.91. The fraction of sp³-hybridized carbons (Fsp3) is 0.286. The number of benzene rings is 3. The highest BCUT2D eigenvalue weighted by Gasteiger charge is 2.32. The van der Waals surface area contributed by atoms with Crippen LogP contribution < -0.4 is 5.32 Å². The molecule has 0 aliphatic carbocycles. The van der Waals surface area contributed by atoms with Crippen LogP contribution in [0.3, 0.4) is 0 Å². The minimum absolute atomic E-state index is 0.0406. The molecule has 8 heteroatoms. The predicted molar refractivity (Wildman–Crippen MR) is 145 cm³/mol. The summed E-state index contributed by atoms with van der Waals surface area (Å²) in [5, 5.41) is 9.47. The lowest BCUT2D eigenvalue weighted by atomic mass is 9.95. The summed E-state index contributed by atoms with van der Waals surface area (Å²) in [7, 11) is -3.45. The topological polar surface area (TPSA) is 78.8 Å². The van der Waals surface area contributed by atoms with Crippen LogP contribution in [0.2, 0.25) is 5.02 Å². The Labute approximate surface area is 217 Å². The number of amides is 2. The van der Waals surface area contributed by atoms with Gasteiger partial charge in [0.15, 0.2) is 9.84 Å². The summed E-state index contributed by atoms with van der Waals surface area (Å²) in [6.45, 7) is 4.63. The molecule has 1 aliphatic heterocycles. The molecule has 1 aliphatic rings. The molecule has 1 unspecified atom stereocenters. The van der Waals surface area contributed by atoms with Crippen LogP contribution in [0.1, 0.15) is 31.4 Å². The molecule has 0 saturated heterocycles. The van der Waals surface area contributed by atoms with Gasteiger partial charge in [0.2, 0.25) is 0 Å². The van der Waals surface area contributed by atoms with E-state index in [1.54, 1.807) is 42.5 Å². The number of hydrogen-bond donors (Lipinski definition) is 1. The van der Waals surface area contributed by atoms with Crippen LogP contribution >= 0.6 is 11.6 Å². The van der Waals surface area contributed by atoms with Crippen LogP contribution in [0.5, 0.6) is 0 Å². The fourth-order valence-electron chi connectivity index (χ4n) is 4.24. The van der Waals surface area contributed by atoms with Crippen molar-refractivity contribution in [3.05, 3.63) is 95.0 Å². The second-order valence-corrected chi connectivity index (χ2v) is 12.0. The molecule has 3 aromatic carbocycles. The summed E-state index contributed by atoms with van der Waals surface area (Å²) in [5.41, 5.74) is 3.39. The zero-order chi connectivity index (χ0) is 25.7. The largest absolute Gasteiger partial charge is 0.342 e. The van der Waals surface area contributed by atoms with Crippen molar-refractivity contribution in [2.24, 2.45) is 16.9 Å². The number of carbonyl (C=O) groups excluding carboxylic acids is 1. The molecule has 1 heterocycles. The molecular weight excluding hydrogens is 494 g/mol. The maximum atomic E-state index is 13.0. The van der Waals surface area contributed by atoms with Gasteiger partial charge in [0.25, 0.3) is 0 Å². The Morgan fingerprint density at radius 3 is 2.33 bits per heavy atom. The molecular formula is C28H30ClN3O3S. The molecule has 1 N–H and O–H groups in total. The van der Waals surface area contributed by atoms with Crippen molar-refractivity contribution in [1.82, 2.24) is 5.01 Å². The van der Waals surface area contributed by atoms with Crippen LogP contribution in [-0.2, 0) is 16.3 Å². The number of carbonyl (C=O) groups is 1. The van der Waals surface area contributed by atoms with Crippen LogP contribution in [-0.4, -0.2) is 37.5 Å². The van der Waals surface area contributed by atoms with Gasteiger partial charge in [-0.2, -0.15) is 5.10 Å². The van der Waals surface area contributed by atoms with E-state index in [1.165, 1.54) is 10.6 Å². The van der Waals surface area contributed by atoms with Gasteiger partial charge >= 0.3 is 6.03 Å². The SMILES string of the molecule is CC(C)Cc1ccc(NC(=O)N2CC(CCS(=O)(=O)c3ccccc3)C(c3ccc(Cl)cc3)=N2)cc1. The van der Waals surface area contributed by atoms with Crippen LogP contribution in [0.25, 0.3) is 0 Å². The smallest absolute Gasteiger partial charge is 0.306 e. The first kappa shape index (κ1) is 25.9. The third kappa shape index (κ3) is 6.53. The van der Waals surface area contributed by atoms with E-state index >= 15 is 0 Å². The van der Waals surface area contributed by atoms with Gasteiger partial charge in [-0.15, -0.1) is 0 Å². The Bertz CT molecular complexity index is 1320. The molecule has 2 amide bonds. The monoisotopic (exact) mass is 523 g/mol. The highest BCUT2D eigenvalue weighted by Crippen LogP contribution is 2.26. The van der Waals surface area contributed by atoms with Crippen LogP contribution in [0, 0.1) is 11.8 Å². The molecule has 0 radical (unpaired) electrons. The van der Waals surface area contributed by atoms with Gasteiger partial charge in [-0.3, -0.25) is 0 Å². The lowest BCUT2D eigenvalue weighted by molar-refractivity contribution is 0.215. The lowest BCUT2D eigenvalue weighted by Gasteiger charge is -2.16. The molecule has 188 valence electrons. The second kappa shape index (κ2) is 11.3. The number of hydrogen-bond acceptors (Lipinski definition) is 4. The van der Waals surface area contributed by atoms with Crippen LogP contribution in [0.15, 0.2) is 88.9 Å². The Morgan fingerprint density at radius 1 is 1.03 bits per heavy atom. The number of halogens is 1. The molecule has 0 saturated carbocycles. The van der Waals surface area contributed by atoms with Gasteiger partial charge in [-0.05, 0) is 66.3 Å². The predicted octanol–water partition coefficient (Wildman–Crippen LogP) is 6.27. The van der Waals surface area contributed by atoms with Crippen molar-refractivity contribution in [3.63, 3.8) is 0 Å². The lowest BCUT2D eigenvalue weighted by Crippen LogP contribution is -2.31. The van der Waals surface area contributed by atoms with E-state index in [-0.39, 0.29) is 17.7 Å². The standard InChI is InChI=1S/C28H30ClN3O3S/c1-20(2)18-21-8-14-25(15-9-21)30-28(33)32-19-23(27(31-32)22-10-12-24(29)13-11-22)16-17-36(34,35)26-6-4-3-5-7-26/h3-15,20,23H,16-19H2,1-2H3,(H,30,33). The zero-order valence-electron chi connectivity index (χ0n) is 20.4. The van der Waals surface area contributed by atoms with E-state index in [1.807, 2.05) is 36.4 Å². The maximum Gasteiger partial charge on any atom is 0.342 e. The number of rotatable bonds is 8. The molecule has 4 rings (SSSR count). The Balaban J connectivity index is 1.50. The molecule has 1 atom stereocenters. The average Bonchev–Trinajstić information content (AvgIpc) is 3.29. The quantitative estimate of drug-likeness (QED) is 0.378. The molecule has 36 heavy (non-hydrogen) atoms. The van der Waals surface area contributed by atoms with Gasteiger partial charge in [-0.25, -0.2) is 18.2 Å². The van der Waals surface area contributed by atoms with E-state index < -0.39 is 9.84 Å². The first-order valence-corrected chi connectivity index (χ1v) is 14.0. The van der Waals surface area contributed by atoms with E-state index in [2.05, 4.69) is 24.3 Å². The van der Waals surface area contributed by atoms with Crippen molar-refractivity contribution in [1.29, 1.82) is 0 Å². The normalized spacial score (nSPS) is 15.7.